The molecule has 1 aliphatic heterocycles. The topological polar surface area (TPSA) is 71.3 Å². The largest absolute Gasteiger partial charge is 0.448 e. The number of amides is 2. The lowest BCUT2D eigenvalue weighted by atomic mass is 10.3. The molecule has 1 saturated heterocycles. The summed E-state index contributed by atoms with van der Waals surface area (Å²) in [6, 6.07) is 5.17. The zero-order chi connectivity index (χ0) is 13.9. The molecule has 6 nitrogen and oxygen atoms in total. The molecule has 104 valence electrons. The maximum Gasteiger partial charge on any atom is 0.323 e. The number of halogens is 1. The Morgan fingerprint density at radius 1 is 1.30 bits per heavy atom. The van der Waals surface area contributed by atoms with Crippen molar-refractivity contribution < 1.29 is 9.21 Å². The van der Waals surface area contributed by atoms with E-state index in [9.17, 15) is 4.79 Å². The van der Waals surface area contributed by atoms with Crippen molar-refractivity contribution in [1.29, 1.82) is 0 Å². The van der Waals surface area contributed by atoms with E-state index < -0.39 is 0 Å². The molecule has 0 radical (unpaired) electrons. The Morgan fingerprint density at radius 2 is 2.10 bits per heavy atom. The third kappa shape index (κ3) is 2.82. The smallest absolute Gasteiger partial charge is 0.323 e. The van der Waals surface area contributed by atoms with Crippen molar-refractivity contribution in [3.05, 3.63) is 29.2 Å². The predicted molar refractivity (Wildman–Crippen MR) is 77.3 cm³/mol. The van der Waals surface area contributed by atoms with E-state index in [2.05, 4.69) is 31.2 Å². The molecular weight excluding hydrogens is 324 g/mol. The average molecular weight is 337 g/mol. The van der Waals surface area contributed by atoms with Crippen LogP contribution in [0.25, 0.3) is 11.5 Å². The van der Waals surface area contributed by atoms with E-state index in [1.165, 1.54) is 6.33 Å². The highest BCUT2D eigenvalue weighted by atomic mass is 79.9. The molecule has 0 saturated carbocycles. The first-order chi connectivity index (χ1) is 9.72. The molecule has 20 heavy (non-hydrogen) atoms. The summed E-state index contributed by atoms with van der Waals surface area (Å²) < 4.78 is 6.07. The van der Waals surface area contributed by atoms with Crippen LogP contribution in [0.5, 0.6) is 0 Å². The normalized spacial score (nSPS) is 14.6. The maximum atomic E-state index is 12.0. The summed E-state index contributed by atoms with van der Waals surface area (Å²) in [6.07, 6.45) is 3.52. The van der Waals surface area contributed by atoms with E-state index in [-0.39, 0.29) is 6.03 Å². The minimum absolute atomic E-state index is 0.118. The number of carbonyl (C=O) groups excluding carboxylic acids is 1. The molecule has 2 aromatic rings. The van der Waals surface area contributed by atoms with Gasteiger partial charge in [-0.25, -0.2) is 14.8 Å². The van der Waals surface area contributed by atoms with Crippen molar-refractivity contribution in [1.82, 2.24) is 14.9 Å². The molecule has 7 heteroatoms. The Bertz CT molecular complexity index is 622. The average Bonchev–Trinajstić information content (AvgIpc) is 3.10. The van der Waals surface area contributed by atoms with Crippen LogP contribution in [0.1, 0.15) is 12.8 Å². The van der Waals surface area contributed by atoms with Crippen LogP contribution in [-0.4, -0.2) is 34.0 Å². The number of nitrogens with one attached hydrogen (secondary N) is 1. The number of urea groups is 1. The summed E-state index contributed by atoms with van der Waals surface area (Å²) in [7, 11) is 0. The third-order valence-electron chi connectivity index (χ3n) is 3.12. The Kier molecular flexibility index (Phi) is 3.68. The highest BCUT2D eigenvalue weighted by Gasteiger charge is 2.18. The lowest BCUT2D eigenvalue weighted by Crippen LogP contribution is -2.32. The Balaban J connectivity index is 1.75. The van der Waals surface area contributed by atoms with Crippen molar-refractivity contribution in [2.75, 3.05) is 18.4 Å². The first kappa shape index (κ1) is 13.1. The molecule has 0 unspecified atom stereocenters. The zero-order valence-electron chi connectivity index (χ0n) is 10.7. The number of nitrogens with zero attached hydrogens (tertiary/aromatic N) is 3. The first-order valence-corrected chi connectivity index (χ1v) is 7.15. The molecule has 0 aromatic carbocycles. The van der Waals surface area contributed by atoms with Gasteiger partial charge in [0, 0.05) is 19.2 Å². The molecule has 2 aromatic heterocycles. The quantitative estimate of drug-likeness (QED) is 0.914. The number of hydrogen-bond donors (Lipinski definition) is 1. The standard InChI is InChI=1S/C13H13BrN4O2/c14-11-4-3-10(20-11)9-7-12(16-8-15-9)17-13(19)18-5-1-2-6-18/h3-4,7-8H,1-2,5-6H2,(H,15,16,17,19). The molecule has 0 bridgehead atoms. The van der Waals surface area contributed by atoms with Crippen LogP contribution in [0.3, 0.4) is 0 Å². The van der Waals surface area contributed by atoms with Gasteiger partial charge in [-0.2, -0.15) is 0 Å². The summed E-state index contributed by atoms with van der Waals surface area (Å²) in [4.78, 5) is 22.0. The number of anilines is 1. The van der Waals surface area contributed by atoms with Crippen LogP contribution in [0.4, 0.5) is 10.6 Å². The number of carbonyl (C=O) groups is 1. The van der Waals surface area contributed by atoms with Crippen LogP contribution in [0, 0.1) is 0 Å². The fraction of sp³-hybridized carbons (Fsp3) is 0.308. The van der Waals surface area contributed by atoms with Gasteiger partial charge in [-0.1, -0.05) is 0 Å². The Morgan fingerprint density at radius 3 is 2.80 bits per heavy atom. The van der Waals surface area contributed by atoms with Crippen molar-refractivity contribution in [2.45, 2.75) is 12.8 Å². The van der Waals surface area contributed by atoms with Gasteiger partial charge in [0.05, 0.1) is 0 Å². The molecule has 1 fully saturated rings. The SMILES string of the molecule is O=C(Nc1cc(-c2ccc(Br)o2)ncn1)N1CCCC1. The van der Waals surface area contributed by atoms with Crippen LogP contribution >= 0.6 is 15.9 Å². The highest BCUT2D eigenvalue weighted by molar-refractivity contribution is 9.10. The van der Waals surface area contributed by atoms with Crippen LogP contribution in [0.15, 0.2) is 33.6 Å². The number of likely N-dealkylation sites (tertiary alicyclic amines) is 1. The molecule has 3 rings (SSSR count). The number of furan rings is 1. The van der Waals surface area contributed by atoms with Gasteiger partial charge in [0.15, 0.2) is 10.4 Å². The number of aromatic nitrogens is 2. The van der Waals surface area contributed by atoms with Crippen molar-refractivity contribution in [3.63, 3.8) is 0 Å². The van der Waals surface area contributed by atoms with Crippen LogP contribution < -0.4 is 5.32 Å². The van der Waals surface area contributed by atoms with E-state index in [1.807, 2.05) is 0 Å². The third-order valence-corrected chi connectivity index (χ3v) is 3.55. The minimum atomic E-state index is -0.118. The summed E-state index contributed by atoms with van der Waals surface area (Å²) in [6.45, 7) is 1.60. The van der Waals surface area contributed by atoms with Gasteiger partial charge >= 0.3 is 6.03 Å². The monoisotopic (exact) mass is 336 g/mol. The molecule has 0 spiro atoms. The Hall–Kier alpha value is -1.89. The fourth-order valence-corrected chi connectivity index (χ4v) is 2.43. The van der Waals surface area contributed by atoms with E-state index >= 15 is 0 Å². The van der Waals surface area contributed by atoms with Gasteiger partial charge in [0.25, 0.3) is 0 Å². The van der Waals surface area contributed by atoms with E-state index in [0.29, 0.717) is 21.9 Å². The van der Waals surface area contributed by atoms with Crippen molar-refractivity contribution in [3.8, 4) is 11.5 Å². The molecule has 2 amide bonds. The maximum absolute atomic E-state index is 12.0. The second-order valence-electron chi connectivity index (χ2n) is 4.52. The fourth-order valence-electron chi connectivity index (χ4n) is 2.12. The highest BCUT2D eigenvalue weighted by Crippen LogP contribution is 2.24. The summed E-state index contributed by atoms with van der Waals surface area (Å²) in [5.41, 5.74) is 0.627. The van der Waals surface area contributed by atoms with Crippen molar-refractivity contribution in [2.24, 2.45) is 0 Å². The second-order valence-corrected chi connectivity index (χ2v) is 5.30. The minimum Gasteiger partial charge on any atom is -0.448 e. The van der Waals surface area contributed by atoms with Gasteiger partial charge in [0.2, 0.25) is 0 Å². The molecule has 0 atom stereocenters. The van der Waals surface area contributed by atoms with Crippen LogP contribution in [0.2, 0.25) is 0 Å². The predicted octanol–water partition coefficient (Wildman–Crippen LogP) is 3.13. The molecule has 3 heterocycles. The van der Waals surface area contributed by atoms with Gasteiger partial charge < -0.3 is 9.32 Å². The van der Waals surface area contributed by atoms with Gasteiger partial charge in [-0.05, 0) is 40.9 Å². The first-order valence-electron chi connectivity index (χ1n) is 6.36. The Labute approximate surface area is 124 Å². The summed E-state index contributed by atoms with van der Waals surface area (Å²) in [5, 5.41) is 2.78. The molecule has 1 N–H and O–H groups in total. The second kappa shape index (κ2) is 5.62. The number of hydrogen-bond acceptors (Lipinski definition) is 4. The number of rotatable bonds is 2. The summed E-state index contributed by atoms with van der Waals surface area (Å²) >= 11 is 3.25. The lowest BCUT2D eigenvalue weighted by molar-refractivity contribution is 0.222. The van der Waals surface area contributed by atoms with Crippen molar-refractivity contribution >= 4 is 27.8 Å². The molecule has 1 aliphatic rings. The van der Waals surface area contributed by atoms with Crippen LogP contribution in [-0.2, 0) is 0 Å². The zero-order valence-corrected chi connectivity index (χ0v) is 12.3. The van der Waals surface area contributed by atoms with Gasteiger partial charge in [-0.15, -0.1) is 0 Å². The molecular formula is C13H13BrN4O2. The van der Waals surface area contributed by atoms with Gasteiger partial charge in [0.1, 0.15) is 17.8 Å². The van der Waals surface area contributed by atoms with Gasteiger partial charge in [-0.3, -0.25) is 5.32 Å². The summed E-state index contributed by atoms with van der Waals surface area (Å²) in [5.74, 6) is 1.09. The van der Waals surface area contributed by atoms with E-state index in [0.717, 1.165) is 25.9 Å². The lowest BCUT2D eigenvalue weighted by Gasteiger charge is -2.15. The van der Waals surface area contributed by atoms with E-state index in [4.69, 9.17) is 4.42 Å². The molecule has 0 aliphatic carbocycles. The van der Waals surface area contributed by atoms with E-state index in [1.54, 1.807) is 23.1 Å².